The van der Waals surface area contributed by atoms with Gasteiger partial charge in [-0.1, -0.05) is 0 Å². The van der Waals surface area contributed by atoms with Crippen LogP contribution >= 0.6 is 0 Å². The van der Waals surface area contributed by atoms with Crippen molar-refractivity contribution in [3.05, 3.63) is 30.2 Å². The summed E-state index contributed by atoms with van der Waals surface area (Å²) >= 11 is 0. The van der Waals surface area contributed by atoms with Gasteiger partial charge in [0.15, 0.2) is 0 Å². The third kappa shape index (κ3) is 2.12. The topological polar surface area (TPSA) is 87.5 Å². The van der Waals surface area contributed by atoms with E-state index in [2.05, 4.69) is 10.3 Å². The lowest BCUT2D eigenvalue weighted by Gasteiger charge is -2.27. The Morgan fingerprint density at radius 3 is 3.10 bits per heavy atom. The van der Waals surface area contributed by atoms with E-state index in [1.54, 1.807) is 29.4 Å². The first-order valence-electron chi connectivity index (χ1n) is 6.33. The van der Waals surface area contributed by atoms with Crippen LogP contribution in [-0.2, 0) is 11.3 Å². The molecule has 3 heterocycles. The molecule has 7 heteroatoms. The maximum Gasteiger partial charge on any atom is 0.416 e. The number of rotatable bonds is 2. The summed E-state index contributed by atoms with van der Waals surface area (Å²) in [5.41, 5.74) is 1.17. The number of carbonyl (C=O) groups is 2. The van der Waals surface area contributed by atoms with Crippen molar-refractivity contribution in [3.63, 3.8) is 0 Å². The Kier molecular flexibility index (Phi) is 3.11. The lowest BCUT2D eigenvalue weighted by molar-refractivity contribution is -0.132. The minimum Gasteiger partial charge on any atom is -0.464 e. The molecular weight excluding hydrogens is 260 g/mol. The van der Waals surface area contributed by atoms with E-state index in [1.807, 2.05) is 0 Å². The van der Waals surface area contributed by atoms with Gasteiger partial charge in [0, 0.05) is 36.6 Å². The number of hydrogen-bond donors (Lipinski definition) is 2. The Balaban J connectivity index is 2.00. The molecule has 3 rings (SSSR count). The molecule has 2 N–H and O–H groups in total. The second-order valence-electron chi connectivity index (χ2n) is 4.68. The lowest BCUT2D eigenvalue weighted by Crippen LogP contribution is -2.47. The number of piperazine rings is 1. The molecule has 104 valence electrons. The van der Waals surface area contributed by atoms with Crippen LogP contribution in [0.5, 0.6) is 0 Å². The van der Waals surface area contributed by atoms with Gasteiger partial charge in [-0.25, -0.2) is 9.36 Å². The summed E-state index contributed by atoms with van der Waals surface area (Å²) in [4.78, 5) is 28.9. The van der Waals surface area contributed by atoms with Crippen LogP contribution in [0.3, 0.4) is 0 Å². The Bertz CT molecular complexity index is 679. The van der Waals surface area contributed by atoms with Crippen molar-refractivity contribution >= 4 is 22.9 Å². The van der Waals surface area contributed by atoms with E-state index >= 15 is 0 Å². The molecule has 0 bridgehead atoms. The Hall–Kier alpha value is -2.41. The van der Waals surface area contributed by atoms with Crippen LogP contribution in [0.25, 0.3) is 10.9 Å². The lowest BCUT2D eigenvalue weighted by atomic mass is 10.3. The van der Waals surface area contributed by atoms with Crippen LogP contribution in [0.2, 0.25) is 0 Å². The standard InChI is InChI=1S/C13H14N4O3/c18-12-7-15-3-4-16(12)8-10-5-9-6-14-2-1-11(9)17(10)13(19)20/h1-2,5-6,15H,3-4,7-8H2,(H,19,20). The summed E-state index contributed by atoms with van der Waals surface area (Å²) < 4.78 is 1.21. The van der Waals surface area contributed by atoms with E-state index in [4.69, 9.17) is 0 Å². The first-order valence-corrected chi connectivity index (χ1v) is 6.33. The zero-order valence-electron chi connectivity index (χ0n) is 10.7. The van der Waals surface area contributed by atoms with Gasteiger partial charge in [0.25, 0.3) is 0 Å². The number of carboxylic acid groups (broad SMARTS) is 1. The van der Waals surface area contributed by atoms with Crippen LogP contribution in [0, 0.1) is 0 Å². The van der Waals surface area contributed by atoms with Gasteiger partial charge in [0.2, 0.25) is 5.91 Å². The summed E-state index contributed by atoms with van der Waals surface area (Å²) in [5, 5.41) is 13.1. The molecule has 0 aliphatic carbocycles. The number of fused-ring (bicyclic) bond motifs is 1. The van der Waals surface area contributed by atoms with Crippen LogP contribution in [0.1, 0.15) is 5.69 Å². The minimum absolute atomic E-state index is 0.0171. The molecule has 1 amide bonds. The molecule has 1 fully saturated rings. The SMILES string of the molecule is O=C1CNCCN1Cc1cc2cnccc2n1C(=O)O. The fraction of sp³-hybridized carbons (Fsp3) is 0.308. The van der Waals surface area contributed by atoms with Crippen molar-refractivity contribution in [2.45, 2.75) is 6.54 Å². The highest BCUT2D eigenvalue weighted by Gasteiger charge is 2.21. The smallest absolute Gasteiger partial charge is 0.416 e. The van der Waals surface area contributed by atoms with Crippen molar-refractivity contribution in [2.75, 3.05) is 19.6 Å². The Morgan fingerprint density at radius 1 is 1.50 bits per heavy atom. The highest BCUT2D eigenvalue weighted by atomic mass is 16.4. The Labute approximate surface area is 114 Å². The van der Waals surface area contributed by atoms with Crippen LogP contribution in [-0.4, -0.2) is 51.2 Å². The van der Waals surface area contributed by atoms with Gasteiger partial charge < -0.3 is 15.3 Å². The molecule has 2 aromatic rings. The Morgan fingerprint density at radius 2 is 2.35 bits per heavy atom. The number of nitrogens with one attached hydrogen (secondary N) is 1. The van der Waals surface area contributed by atoms with E-state index in [9.17, 15) is 14.7 Å². The predicted octanol–water partition coefficient (Wildman–Crippen LogP) is 0.494. The molecule has 0 spiro atoms. The molecule has 0 aromatic carbocycles. The van der Waals surface area contributed by atoms with E-state index in [0.29, 0.717) is 30.8 Å². The molecule has 2 aromatic heterocycles. The number of amides is 1. The maximum absolute atomic E-state index is 11.8. The third-order valence-corrected chi connectivity index (χ3v) is 3.41. The van der Waals surface area contributed by atoms with Gasteiger partial charge in [0.05, 0.1) is 18.6 Å². The summed E-state index contributed by atoms with van der Waals surface area (Å²) in [6.07, 6.45) is 2.13. The van der Waals surface area contributed by atoms with Crippen LogP contribution in [0.4, 0.5) is 4.79 Å². The molecule has 7 nitrogen and oxygen atoms in total. The molecule has 0 saturated carbocycles. The summed E-state index contributed by atoms with van der Waals surface area (Å²) in [5.74, 6) is -0.0171. The first-order chi connectivity index (χ1) is 9.66. The highest BCUT2D eigenvalue weighted by molar-refractivity contribution is 5.89. The zero-order chi connectivity index (χ0) is 14.1. The van der Waals surface area contributed by atoms with E-state index in [0.717, 1.165) is 11.9 Å². The van der Waals surface area contributed by atoms with Gasteiger partial charge in [-0.2, -0.15) is 0 Å². The van der Waals surface area contributed by atoms with Gasteiger partial charge in [-0.3, -0.25) is 9.78 Å². The fourth-order valence-electron chi connectivity index (χ4n) is 2.46. The fourth-order valence-corrected chi connectivity index (χ4v) is 2.46. The molecular formula is C13H14N4O3. The summed E-state index contributed by atoms with van der Waals surface area (Å²) in [7, 11) is 0. The molecule has 20 heavy (non-hydrogen) atoms. The number of carbonyl (C=O) groups excluding carboxylic acids is 1. The molecule has 1 aliphatic rings. The molecule has 1 saturated heterocycles. The monoisotopic (exact) mass is 274 g/mol. The second kappa shape index (κ2) is 4.93. The van der Waals surface area contributed by atoms with E-state index in [1.165, 1.54) is 4.57 Å². The van der Waals surface area contributed by atoms with Crippen molar-refractivity contribution in [1.82, 2.24) is 19.8 Å². The average molecular weight is 274 g/mol. The van der Waals surface area contributed by atoms with Gasteiger partial charge in [-0.15, -0.1) is 0 Å². The van der Waals surface area contributed by atoms with Crippen LogP contribution < -0.4 is 5.32 Å². The van der Waals surface area contributed by atoms with Crippen molar-refractivity contribution < 1.29 is 14.7 Å². The largest absolute Gasteiger partial charge is 0.464 e. The third-order valence-electron chi connectivity index (χ3n) is 3.41. The zero-order valence-corrected chi connectivity index (χ0v) is 10.7. The minimum atomic E-state index is -1.05. The second-order valence-corrected chi connectivity index (χ2v) is 4.68. The summed E-state index contributed by atoms with van der Waals surface area (Å²) in [6.45, 7) is 1.90. The van der Waals surface area contributed by atoms with Gasteiger partial charge in [-0.05, 0) is 12.1 Å². The highest BCUT2D eigenvalue weighted by Crippen LogP contribution is 2.20. The normalized spacial score (nSPS) is 15.8. The molecule has 0 unspecified atom stereocenters. The first kappa shape index (κ1) is 12.6. The number of nitrogens with zero attached hydrogens (tertiary/aromatic N) is 3. The van der Waals surface area contributed by atoms with Gasteiger partial charge >= 0.3 is 6.09 Å². The summed E-state index contributed by atoms with van der Waals surface area (Å²) in [6, 6.07) is 3.43. The van der Waals surface area contributed by atoms with E-state index in [-0.39, 0.29) is 5.91 Å². The molecule has 1 aliphatic heterocycles. The van der Waals surface area contributed by atoms with Crippen LogP contribution in [0.15, 0.2) is 24.5 Å². The van der Waals surface area contributed by atoms with Crippen molar-refractivity contribution in [1.29, 1.82) is 0 Å². The maximum atomic E-state index is 11.8. The quantitative estimate of drug-likeness (QED) is 0.832. The van der Waals surface area contributed by atoms with Crippen molar-refractivity contribution in [3.8, 4) is 0 Å². The van der Waals surface area contributed by atoms with Crippen molar-refractivity contribution in [2.24, 2.45) is 0 Å². The molecule has 0 atom stereocenters. The number of aromatic nitrogens is 2. The molecule has 0 radical (unpaired) electrons. The number of pyridine rings is 1. The van der Waals surface area contributed by atoms with E-state index < -0.39 is 6.09 Å². The van der Waals surface area contributed by atoms with Gasteiger partial charge in [0.1, 0.15) is 0 Å². The number of hydrogen-bond acceptors (Lipinski definition) is 4. The predicted molar refractivity (Wildman–Crippen MR) is 71.4 cm³/mol. The average Bonchev–Trinajstić information content (AvgIpc) is 2.79.